The van der Waals surface area contributed by atoms with Gasteiger partial charge in [-0.2, -0.15) is 0 Å². The highest BCUT2D eigenvalue weighted by Crippen LogP contribution is 2.27. The molecule has 2 aromatic rings. The Bertz CT molecular complexity index is 696. The molecule has 2 rings (SSSR count). The molecule has 0 radical (unpaired) electrons. The number of benzene rings is 1. The van der Waals surface area contributed by atoms with Crippen molar-refractivity contribution in [1.82, 2.24) is 4.98 Å². The molecule has 3 N–H and O–H groups in total. The molecular weight excluding hydrogens is 246 g/mol. The minimum atomic E-state index is 0.665. The monoisotopic (exact) mass is 265 g/mol. The van der Waals surface area contributed by atoms with Gasteiger partial charge in [-0.3, -0.25) is 0 Å². The lowest BCUT2D eigenvalue weighted by Crippen LogP contribution is -2.10. The fourth-order valence-corrected chi connectivity index (χ4v) is 2.01. The van der Waals surface area contributed by atoms with Crippen molar-refractivity contribution < 1.29 is 0 Å². The van der Waals surface area contributed by atoms with Crippen molar-refractivity contribution in [2.75, 3.05) is 5.43 Å². The first-order valence-corrected chi connectivity index (χ1v) is 6.53. The van der Waals surface area contributed by atoms with Gasteiger partial charge < -0.3 is 5.43 Å². The van der Waals surface area contributed by atoms with E-state index in [0.29, 0.717) is 5.82 Å². The first kappa shape index (κ1) is 14.0. The molecular formula is C17H19N3. The summed E-state index contributed by atoms with van der Waals surface area (Å²) in [5.41, 5.74) is 5.46. The summed E-state index contributed by atoms with van der Waals surface area (Å²) in [7, 11) is 0. The van der Waals surface area contributed by atoms with Crippen molar-refractivity contribution in [2.24, 2.45) is 5.84 Å². The molecule has 0 bridgehead atoms. The zero-order valence-electron chi connectivity index (χ0n) is 11.9. The van der Waals surface area contributed by atoms with Crippen LogP contribution in [0.3, 0.4) is 0 Å². The Kier molecular flexibility index (Phi) is 4.33. The predicted molar refractivity (Wildman–Crippen MR) is 87.2 cm³/mol. The number of allylic oxidation sites excluding steroid dienone is 5. The molecule has 0 aliphatic rings. The summed E-state index contributed by atoms with van der Waals surface area (Å²) in [5.74, 6) is 6.24. The summed E-state index contributed by atoms with van der Waals surface area (Å²) in [6.45, 7) is 8.13. The van der Waals surface area contributed by atoms with E-state index in [1.54, 1.807) is 0 Å². The number of aromatic nitrogens is 1. The van der Waals surface area contributed by atoms with Crippen LogP contribution >= 0.6 is 0 Å². The number of rotatable bonds is 4. The van der Waals surface area contributed by atoms with Crippen LogP contribution in [0.1, 0.15) is 19.5 Å². The summed E-state index contributed by atoms with van der Waals surface area (Å²) in [6.07, 6.45) is 6.00. The van der Waals surface area contributed by atoms with E-state index in [4.69, 9.17) is 5.84 Å². The van der Waals surface area contributed by atoms with Gasteiger partial charge in [-0.05, 0) is 36.4 Å². The highest BCUT2D eigenvalue weighted by atomic mass is 15.2. The number of pyridine rings is 1. The van der Waals surface area contributed by atoms with Crippen LogP contribution in [0, 0.1) is 0 Å². The van der Waals surface area contributed by atoms with Crippen molar-refractivity contribution in [1.29, 1.82) is 0 Å². The van der Waals surface area contributed by atoms with Gasteiger partial charge in [0.15, 0.2) is 0 Å². The Morgan fingerprint density at radius 2 is 2.10 bits per heavy atom. The summed E-state index contributed by atoms with van der Waals surface area (Å²) in [5, 5.41) is 2.09. The molecule has 0 atom stereocenters. The van der Waals surface area contributed by atoms with E-state index in [1.807, 2.05) is 62.4 Å². The van der Waals surface area contributed by atoms with Gasteiger partial charge >= 0.3 is 0 Å². The van der Waals surface area contributed by atoms with Crippen LogP contribution < -0.4 is 11.3 Å². The molecule has 0 amide bonds. The molecule has 1 aromatic carbocycles. The molecule has 0 aliphatic heterocycles. The Morgan fingerprint density at radius 1 is 1.35 bits per heavy atom. The number of nitrogens with zero attached hydrogens (tertiary/aromatic N) is 1. The fraction of sp³-hybridized carbons (Fsp3) is 0.118. The molecule has 3 nitrogen and oxygen atoms in total. The summed E-state index contributed by atoms with van der Waals surface area (Å²) in [6, 6.07) is 10.0. The van der Waals surface area contributed by atoms with Gasteiger partial charge in [-0.15, -0.1) is 0 Å². The highest BCUT2D eigenvalue weighted by Gasteiger charge is 2.08. The first-order chi connectivity index (χ1) is 9.67. The first-order valence-electron chi connectivity index (χ1n) is 6.53. The Hall–Kier alpha value is -2.39. The van der Waals surface area contributed by atoms with Gasteiger partial charge in [0.1, 0.15) is 5.82 Å². The minimum Gasteiger partial charge on any atom is -0.308 e. The maximum Gasteiger partial charge on any atom is 0.148 e. The SMILES string of the molecule is C=C(/C(C)=C\C=C/C)c1cc2ccccc2c(NN)n1. The van der Waals surface area contributed by atoms with E-state index in [2.05, 4.69) is 17.0 Å². The third-order valence-corrected chi connectivity index (χ3v) is 3.20. The topological polar surface area (TPSA) is 50.9 Å². The third-order valence-electron chi connectivity index (χ3n) is 3.20. The van der Waals surface area contributed by atoms with Crippen LogP contribution in [0.25, 0.3) is 16.3 Å². The summed E-state index contributed by atoms with van der Waals surface area (Å²) in [4.78, 5) is 4.55. The van der Waals surface area contributed by atoms with Crippen molar-refractivity contribution in [3.05, 3.63) is 66.4 Å². The molecule has 20 heavy (non-hydrogen) atoms. The predicted octanol–water partition coefficient (Wildman–Crippen LogP) is 4.06. The second-order valence-electron chi connectivity index (χ2n) is 4.58. The Morgan fingerprint density at radius 3 is 2.80 bits per heavy atom. The van der Waals surface area contributed by atoms with Gasteiger partial charge in [0.05, 0.1) is 5.69 Å². The van der Waals surface area contributed by atoms with Crippen molar-refractivity contribution in [3.63, 3.8) is 0 Å². The molecule has 1 heterocycles. The third kappa shape index (κ3) is 2.78. The molecule has 1 aromatic heterocycles. The normalized spacial score (nSPS) is 12.1. The van der Waals surface area contributed by atoms with Crippen LogP contribution in [-0.4, -0.2) is 4.98 Å². The molecule has 3 heteroatoms. The number of nitrogen functional groups attached to an aromatic ring is 1. The summed E-state index contributed by atoms with van der Waals surface area (Å²) >= 11 is 0. The second kappa shape index (κ2) is 6.17. The average molecular weight is 265 g/mol. The summed E-state index contributed by atoms with van der Waals surface area (Å²) < 4.78 is 0. The molecule has 0 unspecified atom stereocenters. The highest BCUT2D eigenvalue weighted by molar-refractivity contribution is 5.94. The molecule has 0 aliphatic carbocycles. The lowest BCUT2D eigenvalue weighted by atomic mass is 10.0. The van der Waals surface area contributed by atoms with Crippen LogP contribution in [0.2, 0.25) is 0 Å². The average Bonchev–Trinajstić information content (AvgIpc) is 2.50. The number of nitrogens with two attached hydrogens (primary N) is 1. The largest absolute Gasteiger partial charge is 0.308 e. The van der Waals surface area contributed by atoms with E-state index in [1.165, 1.54) is 0 Å². The standard InChI is InChI=1S/C17H19N3/c1-4-5-8-12(2)13(3)16-11-14-9-6-7-10-15(14)17(19-16)20-18/h4-11H,3,18H2,1-2H3,(H,19,20)/b5-4-,12-8-. The second-order valence-corrected chi connectivity index (χ2v) is 4.58. The van der Waals surface area contributed by atoms with E-state index < -0.39 is 0 Å². The van der Waals surface area contributed by atoms with Crippen LogP contribution in [0.5, 0.6) is 0 Å². The fourth-order valence-electron chi connectivity index (χ4n) is 2.01. The molecule has 0 spiro atoms. The van der Waals surface area contributed by atoms with Crippen LogP contribution in [-0.2, 0) is 0 Å². The number of fused-ring (bicyclic) bond motifs is 1. The van der Waals surface area contributed by atoms with Crippen LogP contribution in [0.15, 0.2) is 60.7 Å². The van der Waals surface area contributed by atoms with E-state index in [-0.39, 0.29) is 0 Å². The quantitative estimate of drug-likeness (QED) is 0.498. The number of hydrogen-bond donors (Lipinski definition) is 2. The zero-order chi connectivity index (χ0) is 14.5. The number of hydrazine groups is 1. The molecule has 0 saturated carbocycles. The van der Waals surface area contributed by atoms with Gasteiger partial charge in [0.2, 0.25) is 0 Å². The van der Waals surface area contributed by atoms with Crippen molar-refractivity contribution >= 4 is 22.2 Å². The van der Waals surface area contributed by atoms with Crippen molar-refractivity contribution in [3.8, 4) is 0 Å². The van der Waals surface area contributed by atoms with Gasteiger partial charge in [-0.25, -0.2) is 10.8 Å². The number of hydrogen-bond acceptors (Lipinski definition) is 3. The smallest absolute Gasteiger partial charge is 0.148 e. The van der Waals surface area contributed by atoms with E-state index >= 15 is 0 Å². The van der Waals surface area contributed by atoms with Gasteiger partial charge in [0.25, 0.3) is 0 Å². The van der Waals surface area contributed by atoms with E-state index in [9.17, 15) is 0 Å². The minimum absolute atomic E-state index is 0.665. The maximum absolute atomic E-state index is 5.57. The maximum atomic E-state index is 5.57. The van der Waals surface area contributed by atoms with Gasteiger partial charge in [-0.1, -0.05) is 49.1 Å². The number of anilines is 1. The van der Waals surface area contributed by atoms with Crippen molar-refractivity contribution in [2.45, 2.75) is 13.8 Å². The molecule has 0 saturated heterocycles. The molecule has 0 fully saturated rings. The van der Waals surface area contributed by atoms with Gasteiger partial charge in [0, 0.05) is 5.39 Å². The lowest BCUT2D eigenvalue weighted by Gasteiger charge is -2.11. The van der Waals surface area contributed by atoms with Crippen LogP contribution in [0.4, 0.5) is 5.82 Å². The zero-order valence-corrected chi connectivity index (χ0v) is 11.9. The Labute approximate surface area is 119 Å². The van der Waals surface area contributed by atoms with E-state index in [0.717, 1.165) is 27.6 Å². The molecule has 102 valence electrons. The number of nitrogens with one attached hydrogen (secondary N) is 1. The Balaban J connectivity index is 2.53. The lowest BCUT2D eigenvalue weighted by molar-refractivity contribution is 1.22.